The van der Waals surface area contributed by atoms with Gasteiger partial charge in [0, 0.05) is 62.0 Å². The zero-order valence-corrected chi connectivity index (χ0v) is 22.7. The Morgan fingerprint density at radius 3 is 1.82 bits per heavy atom. The average molecular weight is 536 g/mol. The molecule has 40 heavy (non-hydrogen) atoms. The summed E-state index contributed by atoms with van der Waals surface area (Å²) in [5.74, 6) is 0.0376. The maximum Gasteiger partial charge on any atom is 0.259 e. The highest BCUT2D eigenvalue weighted by atomic mass is 16.5. The molecule has 0 aliphatic carbocycles. The summed E-state index contributed by atoms with van der Waals surface area (Å²) in [6.45, 7) is 6.25. The summed E-state index contributed by atoms with van der Waals surface area (Å²) in [5.41, 5.74) is 5.42. The second-order valence-electron chi connectivity index (χ2n) is 10.5. The number of carbonyl (C=O) groups is 2. The normalized spacial score (nSPS) is 16.7. The van der Waals surface area contributed by atoms with Crippen molar-refractivity contribution < 1.29 is 14.1 Å². The van der Waals surface area contributed by atoms with Crippen LogP contribution < -0.4 is 0 Å². The van der Waals surface area contributed by atoms with E-state index in [1.807, 2.05) is 82.6 Å². The SMILES string of the molecule is Cc1nocc1C(=O)N1CCC(N2CCN(C(=O)c3cc(-c4ccccc4)nc(-c4ccccc4)c3)CC2)CC1. The predicted octanol–water partition coefficient (Wildman–Crippen LogP) is 4.77. The number of aromatic nitrogens is 2. The van der Waals surface area contributed by atoms with Crippen molar-refractivity contribution in [2.24, 2.45) is 0 Å². The minimum absolute atomic E-state index is 0.00490. The highest BCUT2D eigenvalue weighted by Crippen LogP contribution is 2.26. The Hall–Kier alpha value is -4.30. The third-order valence-corrected chi connectivity index (χ3v) is 8.06. The Labute approximate surface area is 234 Å². The molecule has 2 aliphatic heterocycles. The molecule has 2 fully saturated rings. The van der Waals surface area contributed by atoms with Gasteiger partial charge >= 0.3 is 0 Å². The molecular weight excluding hydrogens is 502 g/mol. The van der Waals surface area contributed by atoms with E-state index < -0.39 is 0 Å². The summed E-state index contributed by atoms with van der Waals surface area (Å²) in [6.07, 6.45) is 3.29. The lowest BCUT2D eigenvalue weighted by Gasteiger charge is -2.42. The van der Waals surface area contributed by atoms with Gasteiger partial charge in [-0.2, -0.15) is 0 Å². The second-order valence-corrected chi connectivity index (χ2v) is 10.5. The van der Waals surface area contributed by atoms with Crippen molar-refractivity contribution in [3.8, 4) is 22.5 Å². The number of nitrogens with zero attached hydrogens (tertiary/aromatic N) is 5. The van der Waals surface area contributed by atoms with Gasteiger partial charge in [0.15, 0.2) is 0 Å². The van der Waals surface area contributed by atoms with E-state index in [4.69, 9.17) is 9.51 Å². The molecule has 0 spiro atoms. The van der Waals surface area contributed by atoms with Crippen LogP contribution in [0.25, 0.3) is 22.5 Å². The van der Waals surface area contributed by atoms with E-state index in [1.54, 1.807) is 6.92 Å². The van der Waals surface area contributed by atoms with Gasteiger partial charge in [-0.15, -0.1) is 0 Å². The van der Waals surface area contributed by atoms with Gasteiger partial charge in [-0.05, 0) is 31.9 Å². The van der Waals surface area contributed by atoms with E-state index in [0.29, 0.717) is 36.0 Å². The molecule has 4 heterocycles. The maximum atomic E-state index is 13.7. The first-order chi connectivity index (χ1) is 19.6. The van der Waals surface area contributed by atoms with E-state index >= 15 is 0 Å². The van der Waals surface area contributed by atoms with Crippen LogP contribution in [-0.2, 0) is 0 Å². The van der Waals surface area contributed by atoms with Crippen LogP contribution in [0.3, 0.4) is 0 Å². The van der Waals surface area contributed by atoms with Gasteiger partial charge in [-0.3, -0.25) is 14.5 Å². The van der Waals surface area contributed by atoms with E-state index in [1.165, 1.54) is 6.26 Å². The maximum absolute atomic E-state index is 13.7. The van der Waals surface area contributed by atoms with Crippen LogP contribution >= 0.6 is 0 Å². The highest BCUT2D eigenvalue weighted by molar-refractivity contribution is 5.96. The number of amides is 2. The van der Waals surface area contributed by atoms with Gasteiger partial charge < -0.3 is 14.3 Å². The van der Waals surface area contributed by atoms with Crippen LogP contribution in [0.2, 0.25) is 0 Å². The van der Waals surface area contributed by atoms with Crippen molar-refractivity contribution in [3.05, 3.63) is 95.9 Å². The number of benzene rings is 2. The van der Waals surface area contributed by atoms with Crippen molar-refractivity contribution in [3.63, 3.8) is 0 Å². The summed E-state index contributed by atoms with van der Waals surface area (Å²) >= 11 is 0. The molecule has 8 nitrogen and oxygen atoms in total. The van der Waals surface area contributed by atoms with Crippen LogP contribution in [0.5, 0.6) is 0 Å². The molecule has 2 aromatic carbocycles. The van der Waals surface area contributed by atoms with E-state index in [9.17, 15) is 9.59 Å². The van der Waals surface area contributed by atoms with Crippen LogP contribution in [-0.4, -0.2) is 82.0 Å². The summed E-state index contributed by atoms with van der Waals surface area (Å²) in [7, 11) is 0. The van der Waals surface area contributed by atoms with Gasteiger partial charge in [-0.1, -0.05) is 65.8 Å². The van der Waals surface area contributed by atoms with Crippen LogP contribution in [0, 0.1) is 6.92 Å². The number of piperidine rings is 1. The average Bonchev–Trinajstić information content (AvgIpc) is 3.46. The third kappa shape index (κ3) is 5.40. The first-order valence-electron chi connectivity index (χ1n) is 13.9. The van der Waals surface area contributed by atoms with E-state index in [2.05, 4.69) is 10.1 Å². The third-order valence-electron chi connectivity index (χ3n) is 8.06. The molecule has 0 unspecified atom stereocenters. The summed E-state index contributed by atoms with van der Waals surface area (Å²) < 4.78 is 4.95. The first kappa shape index (κ1) is 26.0. The van der Waals surface area contributed by atoms with Crippen molar-refractivity contribution in [2.75, 3.05) is 39.3 Å². The Balaban J connectivity index is 1.11. The fourth-order valence-electron chi connectivity index (χ4n) is 5.74. The van der Waals surface area contributed by atoms with Gasteiger partial charge in [0.05, 0.1) is 17.1 Å². The molecule has 2 amide bonds. The van der Waals surface area contributed by atoms with Crippen molar-refractivity contribution in [1.29, 1.82) is 0 Å². The van der Waals surface area contributed by atoms with Gasteiger partial charge in [0.1, 0.15) is 11.8 Å². The predicted molar refractivity (Wildman–Crippen MR) is 153 cm³/mol. The number of piperazine rings is 1. The fraction of sp³-hybridized carbons (Fsp3) is 0.312. The number of pyridine rings is 1. The summed E-state index contributed by atoms with van der Waals surface area (Å²) in [5, 5.41) is 3.84. The fourth-order valence-corrected chi connectivity index (χ4v) is 5.74. The number of hydrogen-bond donors (Lipinski definition) is 0. The molecular formula is C32H33N5O3. The molecule has 2 aromatic heterocycles. The Morgan fingerprint density at radius 1 is 0.750 bits per heavy atom. The lowest BCUT2D eigenvalue weighted by atomic mass is 10.0. The molecule has 0 N–H and O–H groups in total. The molecule has 2 saturated heterocycles. The Morgan fingerprint density at radius 2 is 1.30 bits per heavy atom. The number of hydrogen-bond acceptors (Lipinski definition) is 6. The minimum Gasteiger partial charge on any atom is -0.364 e. The lowest BCUT2D eigenvalue weighted by molar-refractivity contribution is 0.0411. The van der Waals surface area contributed by atoms with Crippen LogP contribution in [0.1, 0.15) is 39.3 Å². The van der Waals surface area contributed by atoms with Crippen molar-refractivity contribution >= 4 is 11.8 Å². The molecule has 204 valence electrons. The quantitative estimate of drug-likeness (QED) is 0.366. The van der Waals surface area contributed by atoms with Crippen molar-refractivity contribution in [2.45, 2.75) is 25.8 Å². The summed E-state index contributed by atoms with van der Waals surface area (Å²) in [4.78, 5) is 37.8. The Kier molecular flexibility index (Phi) is 7.42. The Bertz CT molecular complexity index is 1410. The molecule has 8 heteroatoms. The smallest absolute Gasteiger partial charge is 0.259 e. The largest absolute Gasteiger partial charge is 0.364 e. The first-order valence-corrected chi connectivity index (χ1v) is 13.9. The number of likely N-dealkylation sites (tertiary alicyclic amines) is 1. The van der Waals surface area contributed by atoms with Crippen LogP contribution in [0.15, 0.2) is 83.6 Å². The zero-order valence-electron chi connectivity index (χ0n) is 22.7. The molecule has 0 radical (unpaired) electrons. The molecule has 4 aromatic rings. The van der Waals surface area contributed by atoms with Gasteiger partial charge in [-0.25, -0.2) is 4.98 Å². The van der Waals surface area contributed by atoms with E-state index in [0.717, 1.165) is 61.5 Å². The molecule has 0 saturated carbocycles. The molecule has 6 rings (SSSR count). The topological polar surface area (TPSA) is 82.8 Å². The van der Waals surface area contributed by atoms with E-state index in [-0.39, 0.29) is 11.8 Å². The van der Waals surface area contributed by atoms with Crippen molar-refractivity contribution in [1.82, 2.24) is 24.8 Å². The molecule has 0 bridgehead atoms. The van der Waals surface area contributed by atoms with Gasteiger partial charge in [0.25, 0.3) is 11.8 Å². The number of carbonyl (C=O) groups excluding carboxylic acids is 2. The highest BCUT2D eigenvalue weighted by Gasteiger charge is 2.31. The van der Waals surface area contributed by atoms with Gasteiger partial charge in [0.2, 0.25) is 0 Å². The monoisotopic (exact) mass is 535 g/mol. The second kappa shape index (κ2) is 11.4. The number of rotatable bonds is 5. The lowest BCUT2D eigenvalue weighted by Crippen LogP contribution is -2.54. The zero-order chi connectivity index (χ0) is 27.5. The molecule has 2 aliphatic rings. The minimum atomic E-state index is -0.00490. The molecule has 0 atom stereocenters. The number of aryl methyl sites for hydroxylation is 1. The van der Waals surface area contributed by atoms with Crippen LogP contribution in [0.4, 0.5) is 0 Å². The summed E-state index contributed by atoms with van der Waals surface area (Å²) in [6, 6.07) is 24.3. The standard InChI is InChI=1S/C32H33N5O3/c1-23-28(22-40-34-23)32(39)36-14-12-27(13-15-36)35-16-18-37(19-17-35)31(38)26-20-29(24-8-4-2-5-9-24)33-30(21-26)25-10-6-3-7-11-25/h2-11,20-22,27H,12-19H2,1H3.